The maximum Gasteiger partial charge on any atom is 0.259 e. The number of hydrogen-bond acceptors (Lipinski definition) is 4. The molecule has 0 atom stereocenters. The fourth-order valence-electron chi connectivity index (χ4n) is 2.75. The van der Waals surface area contributed by atoms with Gasteiger partial charge in [0.05, 0.1) is 17.0 Å². The van der Waals surface area contributed by atoms with Crippen molar-refractivity contribution in [3.8, 4) is 0 Å². The van der Waals surface area contributed by atoms with Crippen LogP contribution in [0.2, 0.25) is 0 Å². The van der Waals surface area contributed by atoms with Crippen LogP contribution >= 0.6 is 0 Å². The number of aromatic nitrogens is 2. The minimum atomic E-state index is -0.462. The van der Waals surface area contributed by atoms with E-state index in [4.69, 9.17) is 0 Å². The number of amides is 1. The highest BCUT2D eigenvalue weighted by Crippen LogP contribution is 2.35. The van der Waals surface area contributed by atoms with Gasteiger partial charge in [-0.25, -0.2) is 14.4 Å². The summed E-state index contributed by atoms with van der Waals surface area (Å²) in [4.78, 5) is 24.3. The molecule has 1 amide bonds. The van der Waals surface area contributed by atoms with Gasteiger partial charge in [0.1, 0.15) is 17.5 Å². The van der Waals surface area contributed by atoms with Gasteiger partial charge in [-0.2, -0.15) is 0 Å². The highest BCUT2D eigenvalue weighted by Gasteiger charge is 2.38. The minimum Gasteiger partial charge on any atom is -0.364 e. The van der Waals surface area contributed by atoms with Crippen molar-refractivity contribution in [2.24, 2.45) is 4.99 Å². The predicted octanol–water partition coefficient (Wildman–Crippen LogP) is 1.82. The molecule has 1 aliphatic rings. The molecular formula is C19H22FN5O. The highest BCUT2D eigenvalue weighted by molar-refractivity contribution is 6.05. The molecule has 2 aromatic rings. The van der Waals surface area contributed by atoms with E-state index in [9.17, 15) is 9.18 Å². The number of aliphatic imine (C=N–C) groups is 1. The number of nitrogens with zero attached hydrogens (tertiary/aromatic N) is 2. The van der Waals surface area contributed by atoms with Crippen LogP contribution in [0, 0.1) is 12.7 Å². The molecule has 0 saturated heterocycles. The summed E-state index contributed by atoms with van der Waals surface area (Å²) in [6.45, 7) is 9.76. The first kappa shape index (κ1) is 17.8. The number of carbonyl (C=O) groups is 1. The summed E-state index contributed by atoms with van der Waals surface area (Å²) in [5, 5.41) is 7.36. The molecule has 2 heterocycles. The average Bonchev–Trinajstić information content (AvgIpc) is 3.22. The fourth-order valence-corrected chi connectivity index (χ4v) is 2.75. The van der Waals surface area contributed by atoms with Crippen molar-refractivity contribution in [1.82, 2.24) is 15.3 Å². The molecule has 0 aliphatic heterocycles. The van der Waals surface area contributed by atoms with Crippen LogP contribution in [-0.4, -0.2) is 27.6 Å². The van der Waals surface area contributed by atoms with Gasteiger partial charge in [-0.15, -0.1) is 0 Å². The van der Waals surface area contributed by atoms with E-state index in [0.717, 1.165) is 19.0 Å². The largest absolute Gasteiger partial charge is 0.364 e. The molecule has 1 aliphatic carbocycles. The van der Waals surface area contributed by atoms with Crippen molar-refractivity contribution in [2.45, 2.75) is 39.2 Å². The predicted molar refractivity (Wildman–Crippen MR) is 101 cm³/mol. The minimum absolute atomic E-state index is 0.00822. The zero-order chi connectivity index (χ0) is 18.9. The summed E-state index contributed by atoms with van der Waals surface area (Å²) >= 11 is 0. The van der Waals surface area contributed by atoms with Crippen LogP contribution in [0.1, 0.15) is 42.7 Å². The van der Waals surface area contributed by atoms with E-state index in [1.54, 1.807) is 13.1 Å². The van der Waals surface area contributed by atoms with Gasteiger partial charge in [0, 0.05) is 22.8 Å². The van der Waals surface area contributed by atoms with Gasteiger partial charge < -0.3 is 15.6 Å². The Morgan fingerprint density at radius 3 is 2.77 bits per heavy atom. The number of nitrogens with one attached hydrogen (secondary N) is 3. The molecule has 0 bridgehead atoms. The molecule has 2 aromatic heterocycles. The average molecular weight is 355 g/mol. The summed E-state index contributed by atoms with van der Waals surface area (Å²) in [6, 6.07) is 2.66. The third-order valence-corrected chi connectivity index (χ3v) is 4.38. The maximum absolute atomic E-state index is 13.0. The standard InChI is InChI=1S/C19H22FN5O/c1-5-21-17(25-19(4)8-9-19)15-11(2)23-12(3)16(15)18(26)24-14-7-6-13(20)10-22-14/h5-7,10,23,25H,2,8-9H2,1,3-4H3,(H,22,24,26)/b17-15-,21-5-. The Bertz CT molecular complexity index is 971. The first-order chi connectivity index (χ1) is 12.3. The molecule has 7 heteroatoms. The van der Waals surface area contributed by atoms with Crippen molar-refractivity contribution in [2.75, 3.05) is 5.32 Å². The summed E-state index contributed by atoms with van der Waals surface area (Å²) in [7, 11) is 0. The Morgan fingerprint density at radius 1 is 1.46 bits per heavy atom. The molecule has 0 radical (unpaired) electrons. The first-order valence-corrected chi connectivity index (χ1v) is 8.44. The lowest BCUT2D eigenvalue weighted by Crippen LogP contribution is -2.37. The van der Waals surface area contributed by atoms with E-state index >= 15 is 0 Å². The molecule has 3 rings (SSSR count). The first-order valence-electron chi connectivity index (χ1n) is 8.44. The molecule has 6 nitrogen and oxygen atoms in total. The van der Waals surface area contributed by atoms with Gasteiger partial charge in [-0.05, 0) is 45.7 Å². The Labute approximate surface area is 151 Å². The van der Waals surface area contributed by atoms with Crippen LogP contribution < -0.4 is 21.2 Å². The lowest BCUT2D eigenvalue weighted by Gasteiger charge is -2.13. The van der Waals surface area contributed by atoms with Gasteiger partial charge in [0.25, 0.3) is 5.91 Å². The maximum atomic E-state index is 13.0. The summed E-state index contributed by atoms with van der Waals surface area (Å²) in [6.07, 6.45) is 4.83. The van der Waals surface area contributed by atoms with Crippen molar-refractivity contribution < 1.29 is 9.18 Å². The van der Waals surface area contributed by atoms with Gasteiger partial charge in [-0.1, -0.05) is 6.58 Å². The normalized spacial score (nSPS) is 16.5. The van der Waals surface area contributed by atoms with E-state index in [-0.39, 0.29) is 17.3 Å². The second-order valence-corrected chi connectivity index (χ2v) is 6.72. The van der Waals surface area contributed by atoms with E-state index in [1.165, 1.54) is 12.1 Å². The van der Waals surface area contributed by atoms with Crippen molar-refractivity contribution >= 4 is 30.3 Å². The fraction of sp³-hybridized carbons (Fsp3) is 0.316. The number of pyridine rings is 1. The van der Waals surface area contributed by atoms with Crippen LogP contribution in [0.3, 0.4) is 0 Å². The van der Waals surface area contributed by atoms with Crippen LogP contribution in [0.5, 0.6) is 0 Å². The number of H-pyrrole nitrogens is 1. The van der Waals surface area contributed by atoms with E-state index in [1.807, 2.05) is 6.92 Å². The van der Waals surface area contributed by atoms with Crippen LogP contribution in [0.15, 0.2) is 23.3 Å². The molecule has 3 N–H and O–H groups in total. The van der Waals surface area contributed by atoms with Gasteiger partial charge in [0.2, 0.25) is 0 Å². The van der Waals surface area contributed by atoms with E-state index in [2.05, 4.69) is 39.1 Å². The number of anilines is 1. The van der Waals surface area contributed by atoms with Crippen molar-refractivity contribution in [3.63, 3.8) is 0 Å². The Balaban J connectivity index is 2.06. The number of hydrogen-bond donors (Lipinski definition) is 3. The van der Waals surface area contributed by atoms with E-state index < -0.39 is 5.82 Å². The summed E-state index contributed by atoms with van der Waals surface area (Å²) < 4.78 is 13.0. The molecule has 136 valence electrons. The molecule has 1 saturated carbocycles. The lowest BCUT2D eigenvalue weighted by molar-refractivity contribution is 0.102. The highest BCUT2D eigenvalue weighted by atomic mass is 19.1. The second-order valence-electron chi connectivity index (χ2n) is 6.72. The Morgan fingerprint density at radius 2 is 2.19 bits per heavy atom. The quantitative estimate of drug-likeness (QED) is 0.716. The van der Waals surface area contributed by atoms with Crippen LogP contribution in [-0.2, 0) is 0 Å². The number of rotatable bonds is 5. The van der Waals surface area contributed by atoms with Gasteiger partial charge in [0.15, 0.2) is 0 Å². The molecule has 0 spiro atoms. The number of aryl methyl sites for hydroxylation is 1. The number of aromatic amines is 1. The summed E-state index contributed by atoms with van der Waals surface area (Å²) in [5.74, 6) is 0.0703. The zero-order valence-corrected chi connectivity index (χ0v) is 15.1. The summed E-state index contributed by atoms with van der Waals surface area (Å²) in [5.41, 5.74) is 1.11. The third-order valence-electron chi connectivity index (χ3n) is 4.38. The smallest absolute Gasteiger partial charge is 0.259 e. The monoisotopic (exact) mass is 355 g/mol. The Kier molecular flexibility index (Phi) is 4.63. The third kappa shape index (κ3) is 3.66. The molecule has 0 aromatic carbocycles. The van der Waals surface area contributed by atoms with Crippen LogP contribution in [0.25, 0.3) is 12.4 Å². The van der Waals surface area contributed by atoms with Gasteiger partial charge >= 0.3 is 0 Å². The second kappa shape index (κ2) is 6.74. The molecule has 26 heavy (non-hydrogen) atoms. The Hall–Kier alpha value is -2.96. The van der Waals surface area contributed by atoms with Gasteiger partial charge in [-0.3, -0.25) is 4.79 Å². The van der Waals surface area contributed by atoms with Crippen molar-refractivity contribution in [3.05, 3.63) is 46.0 Å². The lowest BCUT2D eigenvalue weighted by atomic mass is 10.1. The SMILES string of the molecule is C=c1[nH]c(C)c(C(=O)Nc2ccc(F)cn2)/c1=C(/N=C\C)NC1(C)CC1. The van der Waals surface area contributed by atoms with E-state index in [0.29, 0.717) is 27.6 Å². The van der Waals surface area contributed by atoms with Crippen molar-refractivity contribution in [1.29, 1.82) is 0 Å². The zero-order valence-electron chi connectivity index (χ0n) is 15.1. The number of halogens is 1. The molecule has 0 unspecified atom stereocenters. The number of carbonyl (C=O) groups excluding carboxylic acids is 1. The topological polar surface area (TPSA) is 82.2 Å². The molecule has 1 fully saturated rings. The molecular weight excluding hydrogens is 333 g/mol. The van der Waals surface area contributed by atoms with Crippen LogP contribution in [0.4, 0.5) is 10.2 Å².